The van der Waals surface area contributed by atoms with Crippen LogP contribution in [0.3, 0.4) is 0 Å². The Labute approximate surface area is 113 Å². The molecule has 19 heavy (non-hydrogen) atoms. The molecule has 4 nitrogen and oxygen atoms in total. The number of morpholine rings is 1. The molecule has 0 aliphatic carbocycles. The lowest BCUT2D eigenvalue weighted by Crippen LogP contribution is -2.38. The van der Waals surface area contributed by atoms with Crippen molar-refractivity contribution in [2.24, 2.45) is 5.73 Å². The number of rotatable bonds is 5. The van der Waals surface area contributed by atoms with E-state index in [9.17, 15) is 4.39 Å². The van der Waals surface area contributed by atoms with Crippen molar-refractivity contribution in [3.05, 3.63) is 29.6 Å². The van der Waals surface area contributed by atoms with Crippen LogP contribution in [0.2, 0.25) is 0 Å². The lowest BCUT2D eigenvalue weighted by atomic mass is 10.1. The molecular formula is C14H21FN2O2. The Morgan fingerprint density at radius 2 is 2.16 bits per heavy atom. The van der Waals surface area contributed by atoms with Gasteiger partial charge >= 0.3 is 0 Å². The highest BCUT2D eigenvalue weighted by Gasteiger charge is 2.12. The van der Waals surface area contributed by atoms with Crippen LogP contribution >= 0.6 is 0 Å². The number of nitrogens with zero attached hydrogens (tertiary/aromatic N) is 1. The topological polar surface area (TPSA) is 47.7 Å². The second-order valence-corrected chi connectivity index (χ2v) is 4.77. The first-order chi connectivity index (χ1) is 9.16. The van der Waals surface area contributed by atoms with Crippen LogP contribution in [0.4, 0.5) is 4.39 Å². The highest BCUT2D eigenvalue weighted by molar-refractivity contribution is 5.36. The van der Waals surface area contributed by atoms with E-state index in [1.165, 1.54) is 12.1 Å². The van der Waals surface area contributed by atoms with Gasteiger partial charge in [-0.15, -0.1) is 0 Å². The first-order valence-corrected chi connectivity index (χ1v) is 6.65. The van der Waals surface area contributed by atoms with Gasteiger partial charge in [0.2, 0.25) is 0 Å². The van der Waals surface area contributed by atoms with Gasteiger partial charge in [0.25, 0.3) is 0 Å². The predicted molar refractivity (Wildman–Crippen MR) is 71.8 cm³/mol. The predicted octanol–water partition coefficient (Wildman–Crippen LogP) is 1.56. The van der Waals surface area contributed by atoms with Gasteiger partial charge in [-0.25, -0.2) is 4.39 Å². The van der Waals surface area contributed by atoms with E-state index < -0.39 is 0 Å². The summed E-state index contributed by atoms with van der Waals surface area (Å²) >= 11 is 0. The molecule has 1 aliphatic heterocycles. The molecule has 0 aromatic heterocycles. The van der Waals surface area contributed by atoms with Crippen LogP contribution in [0.5, 0.6) is 5.75 Å². The van der Waals surface area contributed by atoms with Gasteiger partial charge < -0.3 is 15.2 Å². The van der Waals surface area contributed by atoms with E-state index in [0.717, 1.165) is 38.4 Å². The molecule has 1 saturated heterocycles. The molecule has 1 aliphatic rings. The van der Waals surface area contributed by atoms with E-state index in [4.69, 9.17) is 15.2 Å². The molecule has 5 heteroatoms. The molecule has 1 heterocycles. The van der Waals surface area contributed by atoms with Crippen LogP contribution in [0.25, 0.3) is 0 Å². The third-order valence-electron chi connectivity index (χ3n) is 3.23. The minimum Gasteiger partial charge on any atom is -0.492 e. The van der Waals surface area contributed by atoms with Crippen LogP contribution < -0.4 is 10.5 Å². The minimum atomic E-state index is -0.300. The Balaban J connectivity index is 1.89. The van der Waals surface area contributed by atoms with Crippen LogP contribution in [0.1, 0.15) is 18.5 Å². The van der Waals surface area contributed by atoms with Crippen LogP contribution in [-0.2, 0) is 4.74 Å². The van der Waals surface area contributed by atoms with Gasteiger partial charge in [-0.1, -0.05) is 6.07 Å². The summed E-state index contributed by atoms with van der Waals surface area (Å²) in [5.41, 5.74) is 6.69. The number of ether oxygens (including phenoxy) is 2. The number of hydrogen-bond donors (Lipinski definition) is 1. The Morgan fingerprint density at radius 3 is 2.84 bits per heavy atom. The molecule has 0 saturated carbocycles. The second kappa shape index (κ2) is 6.84. The van der Waals surface area contributed by atoms with E-state index >= 15 is 0 Å². The summed E-state index contributed by atoms with van der Waals surface area (Å²) in [5, 5.41) is 0. The summed E-state index contributed by atoms with van der Waals surface area (Å²) in [6.45, 7) is 6.60. The Bertz CT molecular complexity index is 406. The third kappa shape index (κ3) is 4.16. The fourth-order valence-corrected chi connectivity index (χ4v) is 2.12. The maximum absolute atomic E-state index is 13.2. The normalized spacial score (nSPS) is 18.3. The maximum Gasteiger partial charge on any atom is 0.127 e. The number of benzene rings is 1. The van der Waals surface area contributed by atoms with E-state index in [1.54, 1.807) is 6.07 Å². The Morgan fingerprint density at radius 1 is 1.42 bits per heavy atom. The molecule has 1 aromatic carbocycles. The van der Waals surface area contributed by atoms with Crippen molar-refractivity contribution in [2.45, 2.75) is 13.0 Å². The molecule has 0 bridgehead atoms. The smallest absolute Gasteiger partial charge is 0.127 e. The van der Waals surface area contributed by atoms with Gasteiger partial charge in [0.1, 0.15) is 18.2 Å². The van der Waals surface area contributed by atoms with Gasteiger partial charge in [0, 0.05) is 37.3 Å². The standard InChI is InChI=1S/C14H21FN2O2/c1-11(16)13-3-2-12(15)10-14(13)19-9-6-17-4-7-18-8-5-17/h2-3,10-11H,4-9,16H2,1H3/t11-/m1/s1. The first-order valence-electron chi connectivity index (χ1n) is 6.65. The lowest BCUT2D eigenvalue weighted by molar-refractivity contribution is 0.0322. The Hall–Kier alpha value is -1.17. The zero-order valence-electron chi connectivity index (χ0n) is 11.3. The Kier molecular flexibility index (Phi) is 5.13. The van der Waals surface area contributed by atoms with Gasteiger partial charge in [-0.3, -0.25) is 4.90 Å². The monoisotopic (exact) mass is 268 g/mol. The third-order valence-corrected chi connectivity index (χ3v) is 3.23. The highest BCUT2D eigenvalue weighted by atomic mass is 19.1. The maximum atomic E-state index is 13.2. The summed E-state index contributed by atoms with van der Waals surface area (Å²) in [4.78, 5) is 2.27. The molecule has 0 amide bonds. The van der Waals surface area contributed by atoms with E-state index in [-0.39, 0.29) is 11.9 Å². The van der Waals surface area contributed by atoms with Crippen molar-refractivity contribution in [1.82, 2.24) is 4.90 Å². The molecule has 1 fully saturated rings. The van der Waals surface area contributed by atoms with E-state index in [1.807, 2.05) is 6.92 Å². The van der Waals surface area contributed by atoms with Crippen LogP contribution in [-0.4, -0.2) is 44.4 Å². The summed E-state index contributed by atoms with van der Waals surface area (Å²) < 4.78 is 24.2. The van der Waals surface area contributed by atoms with E-state index in [0.29, 0.717) is 12.4 Å². The number of nitrogens with two attached hydrogens (primary N) is 1. The fraction of sp³-hybridized carbons (Fsp3) is 0.571. The SMILES string of the molecule is C[C@@H](N)c1ccc(F)cc1OCCN1CCOCC1. The van der Waals surface area contributed by atoms with Crippen LogP contribution in [0, 0.1) is 5.82 Å². The van der Waals surface area contributed by atoms with Crippen molar-refractivity contribution in [3.8, 4) is 5.75 Å². The molecule has 1 atom stereocenters. The number of hydrogen-bond acceptors (Lipinski definition) is 4. The molecule has 0 unspecified atom stereocenters. The summed E-state index contributed by atoms with van der Waals surface area (Å²) in [5.74, 6) is 0.244. The molecule has 0 spiro atoms. The van der Waals surface area contributed by atoms with Crippen molar-refractivity contribution in [2.75, 3.05) is 39.5 Å². The van der Waals surface area contributed by atoms with Crippen molar-refractivity contribution >= 4 is 0 Å². The zero-order chi connectivity index (χ0) is 13.7. The molecule has 106 valence electrons. The molecule has 0 radical (unpaired) electrons. The number of halogens is 1. The highest BCUT2D eigenvalue weighted by Crippen LogP contribution is 2.24. The molecular weight excluding hydrogens is 247 g/mol. The summed E-state index contributed by atoms with van der Waals surface area (Å²) in [6.07, 6.45) is 0. The summed E-state index contributed by atoms with van der Waals surface area (Å²) in [6, 6.07) is 4.33. The second-order valence-electron chi connectivity index (χ2n) is 4.77. The molecule has 2 rings (SSSR count). The van der Waals surface area contributed by atoms with Gasteiger partial charge in [-0.05, 0) is 13.0 Å². The molecule has 2 N–H and O–H groups in total. The zero-order valence-corrected chi connectivity index (χ0v) is 11.3. The van der Waals surface area contributed by atoms with Crippen molar-refractivity contribution < 1.29 is 13.9 Å². The van der Waals surface area contributed by atoms with Gasteiger partial charge in [-0.2, -0.15) is 0 Å². The fourth-order valence-electron chi connectivity index (χ4n) is 2.12. The average Bonchev–Trinajstić information content (AvgIpc) is 2.39. The minimum absolute atomic E-state index is 0.168. The largest absolute Gasteiger partial charge is 0.492 e. The summed E-state index contributed by atoms with van der Waals surface area (Å²) in [7, 11) is 0. The van der Waals surface area contributed by atoms with Gasteiger partial charge in [0.15, 0.2) is 0 Å². The molecule has 1 aromatic rings. The first kappa shape index (κ1) is 14.2. The average molecular weight is 268 g/mol. The lowest BCUT2D eigenvalue weighted by Gasteiger charge is -2.26. The van der Waals surface area contributed by atoms with Crippen molar-refractivity contribution in [1.29, 1.82) is 0 Å². The quantitative estimate of drug-likeness (QED) is 0.880. The van der Waals surface area contributed by atoms with E-state index in [2.05, 4.69) is 4.90 Å². The van der Waals surface area contributed by atoms with Gasteiger partial charge in [0.05, 0.1) is 13.2 Å². The van der Waals surface area contributed by atoms with Crippen LogP contribution in [0.15, 0.2) is 18.2 Å². The van der Waals surface area contributed by atoms with Crippen molar-refractivity contribution in [3.63, 3.8) is 0 Å².